The number of anilines is 1. The van der Waals surface area contributed by atoms with Crippen molar-refractivity contribution in [1.82, 2.24) is 19.8 Å². The zero-order valence-electron chi connectivity index (χ0n) is 13.7. The lowest BCUT2D eigenvalue weighted by molar-refractivity contribution is -0.114. The van der Waals surface area contributed by atoms with Gasteiger partial charge in [-0.2, -0.15) is 0 Å². The Morgan fingerprint density at radius 1 is 1.22 bits per heavy atom. The van der Waals surface area contributed by atoms with Crippen LogP contribution in [0.15, 0.2) is 36.7 Å². The van der Waals surface area contributed by atoms with Crippen molar-refractivity contribution < 1.29 is 9.59 Å². The van der Waals surface area contributed by atoms with Crippen molar-refractivity contribution in [1.29, 1.82) is 0 Å². The molecule has 1 aromatic carbocycles. The third kappa shape index (κ3) is 4.09. The molecule has 0 fully saturated rings. The Hall–Kier alpha value is -2.83. The van der Waals surface area contributed by atoms with Gasteiger partial charge in [-0.1, -0.05) is 12.1 Å². The number of carbonyl (C=O) groups excluding carboxylic acids is 2. The number of hydrogen-bond acceptors (Lipinski definition) is 3. The van der Waals surface area contributed by atoms with E-state index in [1.54, 1.807) is 32.4 Å². The third-order valence-electron chi connectivity index (χ3n) is 3.36. The van der Waals surface area contributed by atoms with Crippen LogP contribution in [0, 0.1) is 0 Å². The van der Waals surface area contributed by atoms with E-state index in [0.717, 1.165) is 11.4 Å². The summed E-state index contributed by atoms with van der Waals surface area (Å²) in [6.45, 7) is 1.46. The number of rotatable bonds is 4. The number of nitrogens with one attached hydrogen (secondary N) is 2. The Morgan fingerprint density at radius 3 is 2.35 bits per heavy atom. The summed E-state index contributed by atoms with van der Waals surface area (Å²) in [6, 6.07) is 6.74. The van der Waals surface area contributed by atoms with Crippen LogP contribution in [-0.4, -0.2) is 40.5 Å². The molecule has 0 aliphatic heterocycles. The maximum absolute atomic E-state index is 12.1. The number of nitrogens with zero attached hydrogens (tertiary/aromatic N) is 3. The second kappa shape index (κ2) is 6.95. The van der Waals surface area contributed by atoms with Crippen LogP contribution in [0.25, 0.3) is 0 Å². The van der Waals surface area contributed by atoms with Crippen molar-refractivity contribution in [3.8, 4) is 0 Å². The van der Waals surface area contributed by atoms with Gasteiger partial charge in [0.1, 0.15) is 11.9 Å². The molecular formula is C16H21N5O2. The van der Waals surface area contributed by atoms with Gasteiger partial charge in [0.2, 0.25) is 5.91 Å². The standard InChI is InChI=1S/C16H21N5O2/c1-11(22)18-13-7-5-12(6-8-13)14(19-16(23)20(2)3)15-17-9-10-21(15)4/h5-10,14H,1-4H3,(H,18,22)(H,19,23). The van der Waals surface area contributed by atoms with Crippen molar-refractivity contribution in [2.24, 2.45) is 7.05 Å². The molecule has 0 saturated heterocycles. The summed E-state index contributed by atoms with van der Waals surface area (Å²) in [5, 5.41) is 5.67. The molecule has 1 heterocycles. The number of urea groups is 1. The second-order valence-corrected chi connectivity index (χ2v) is 5.48. The maximum Gasteiger partial charge on any atom is 0.317 e. The van der Waals surface area contributed by atoms with Gasteiger partial charge in [-0.05, 0) is 17.7 Å². The van der Waals surface area contributed by atoms with Gasteiger partial charge in [-0.3, -0.25) is 4.79 Å². The van der Waals surface area contributed by atoms with Crippen LogP contribution in [0.3, 0.4) is 0 Å². The van der Waals surface area contributed by atoms with Crippen LogP contribution in [0.5, 0.6) is 0 Å². The van der Waals surface area contributed by atoms with E-state index in [1.165, 1.54) is 11.8 Å². The summed E-state index contributed by atoms with van der Waals surface area (Å²) in [6.07, 6.45) is 3.52. The lowest BCUT2D eigenvalue weighted by Gasteiger charge is -2.22. The van der Waals surface area contributed by atoms with Crippen LogP contribution in [0.2, 0.25) is 0 Å². The second-order valence-electron chi connectivity index (χ2n) is 5.48. The third-order valence-corrected chi connectivity index (χ3v) is 3.36. The van der Waals surface area contributed by atoms with Crippen LogP contribution in [0.4, 0.5) is 10.5 Å². The molecule has 23 heavy (non-hydrogen) atoms. The number of imidazole rings is 1. The maximum atomic E-state index is 12.1. The number of amides is 3. The van der Waals surface area contributed by atoms with Gasteiger partial charge in [0, 0.05) is 46.1 Å². The van der Waals surface area contributed by atoms with Crippen molar-refractivity contribution in [2.75, 3.05) is 19.4 Å². The molecule has 0 saturated carbocycles. The first-order valence-corrected chi connectivity index (χ1v) is 7.21. The molecule has 2 N–H and O–H groups in total. The van der Waals surface area contributed by atoms with Gasteiger partial charge >= 0.3 is 6.03 Å². The summed E-state index contributed by atoms with van der Waals surface area (Å²) in [5.41, 5.74) is 1.59. The lowest BCUT2D eigenvalue weighted by Crippen LogP contribution is -2.38. The van der Waals surface area contributed by atoms with Crippen LogP contribution in [0.1, 0.15) is 24.4 Å². The number of carbonyl (C=O) groups is 2. The average molecular weight is 315 g/mol. The predicted octanol–water partition coefficient (Wildman–Crippen LogP) is 1.74. The Bertz CT molecular complexity index is 691. The number of hydrogen-bond donors (Lipinski definition) is 2. The summed E-state index contributed by atoms with van der Waals surface area (Å²) in [5.74, 6) is 0.604. The fourth-order valence-corrected chi connectivity index (χ4v) is 2.17. The summed E-state index contributed by atoms with van der Waals surface area (Å²) < 4.78 is 1.86. The summed E-state index contributed by atoms with van der Waals surface area (Å²) >= 11 is 0. The minimum absolute atomic E-state index is 0.126. The van der Waals surface area contributed by atoms with E-state index in [1.807, 2.05) is 29.9 Å². The molecule has 0 aliphatic carbocycles. The normalized spacial score (nSPS) is 11.7. The molecule has 0 radical (unpaired) electrons. The van der Waals surface area contributed by atoms with E-state index in [4.69, 9.17) is 0 Å². The highest BCUT2D eigenvalue weighted by Crippen LogP contribution is 2.22. The van der Waals surface area contributed by atoms with Crippen molar-refractivity contribution in [3.63, 3.8) is 0 Å². The van der Waals surface area contributed by atoms with Gasteiger partial charge in [0.05, 0.1) is 0 Å². The van der Waals surface area contributed by atoms with Crippen molar-refractivity contribution in [2.45, 2.75) is 13.0 Å². The van der Waals surface area contributed by atoms with Crippen LogP contribution >= 0.6 is 0 Å². The monoisotopic (exact) mass is 315 g/mol. The molecule has 0 bridgehead atoms. The van der Waals surface area contributed by atoms with Crippen molar-refractivity contribution in [3.05, 3.63) is 48.0 Å². The SMILES string of the molecule is CC(=O)Nc1ccc(C(NC(=O)N(C)C)c2nccn2C)cc1. The van der Waals surface area contributed by atoms with Gasteiger partial charge in [-0.25, -0.2) is 9.78 Å². The Kier molecular flexibility index (Phi) is 5.00. The minimum Gasteiger partial charge on any atom is -0.336 e. The van der Waals surface area contributed by atoms with E-state index in [9.17, 15) is 9.59 Å². The van der Waals surface area contributed by atoms with Gasteiger partial charge in [0.15, 0.2) is 0 Å². The molecule has 0 aliphatic rings. The van der Waals surface area contributed by atoms with E-state index < -0.39 is 0 Å². The van der Waals surface area contributed by atoms with E-state index >= 15 is 0 Å². The fourth-order valence-electron chi connectivity index (χ4n) is 2.17. The van der Waals surface area contributed by atoms with Gasteiger partial charge < -0.3 is 20.1 Å². The van der Waals surface area contributed by atoms with Crippen LogP contribution in [-0.2, 0) is 11.8 Å². The number of aromatic nitrogens is 2. The largest absolute Gasteiger partial charge is 0.336 e. The van der Waals surface area contributed by atoms with Gasteiger partial charge in [-0.15, -0.1) is 0 Å². The molecule has 2 aromatic rings. The minimum atomic E-state index is -0.378. The molecule has 1 unspecified atom stereocenters. The summed E-state index contributed by atoms with van der Waals surface area (Å²) in [4.78, 5) is 29.0. The molecule has 1 aromatic heterocycles. The van der Waals surface area contributed by atoms with E-state index in [-0.39, 0.29) is 18.0 Å². The Labute approximate surface area is 135 Å². The van der Waals surface area contributed by atoms with Crippen LogP contribution < -0.4 is 10.6 Å². The average Bonchev–Trinajstić information content (AvgIpc) is 2.91. The molecule has 1 atom stereocenters. The zero-order chi connectivity index (χ0) is 17.0. The number of benzene rings is 1. The first-order chi connectivity index (χ1) is 10.9. The quantitative estimate of drug-likeness (QED) is 0.902. The zero-order valence-corrected chi connectivity index (χ0v) is 13.7. The first-order valence-electron chi connectivity index (χ1n) is 7.21. The topological polar surface area (TPSA) is 79.3 Å². The molecule has 7 nitrogen and oxygen atoms in total. The smallest absolute Gasteiger partial charge is 0.317 e. The molecule has 7 heteroatoms. The highest BCUT2D eigenvalue weighted by atomic mass is 16.2. The Balaban J connectivity index is 2.31. The summed E-state index contributed by atoms with van der Waals surface area (Å²) in [7, 11) is 5.25. The van der Waals surface area contributed by atoms with E-state index in [0.29, 0.717) is 5.69 Å². The molecule has 2 rings (SSSR count). The number of aryl methyl sites for hydroxylation is 1. The van der Waals surface area contributed by atoms with Gasteiger partial charge in [0.25, 0.3) is 0 Å². The fraction of sp³-hybridized carbons (Fsp3) is 0.312. The molecular weight excluding hydrogens is 294 g/mol. The highest BCUT2D eigenvalue weighted by molar-refractivity contribution is 5.88. The van der Waals surface area contributed by atoms with E-state index in [2.05, 4.69) is 15.6 Å². The lowest BCUT2D eigenvalue weighted by atomic mass is 10.1. The molecule has 3 amide bonds. The molecule has 0 spiro atoms. The molecule has 122 valence electrons. The first kappa shape index (κ1) is 16.5. The predicted molar refractivity (Wildman–Crippen MR) is 88.0 cm³/mol. The highest BCUT2D eigenvalue weighted by Gasteiger charge is 2.21. The Morgan fingerprint density at radius 2 is 1.87 bits per heavy atom. The van der Waals surface area contributed by atoms with Crippen molar-refractivity contribution >= 4 is 17.6 Å².